The molecule has 2 aliphatic heterocycles. The van der Waals surface area contributed by atoms with E-state index in [4.69, 9.17) is 4.42 Å². The summed E-state index contributed by atoms with van der Waals surface area (Å²) in [6.45, 7) is 8.17. The molecule has 1 atom stereocenters. The van der Waals surface area contributed by atoms with Crippen molar-refractivity contribution in [1.82, 2.24) is 19.7 Å². The van der Waals surface area contributed by atoms with Crippen LogP contribution in [0.25, 0.3) is 11.5 Å². The number of amides is 2. The number of hydrogen-bond acceptors (Lipinski definition) is 4. The molecular weight excluding hydrogens is 440 g/mol. The van der Waals surface area contributed by atoms with Gasteiger partial charge >= 0.3 is 0 Å². The van der Waals surface area contributed by atoms with Crippen molar-refractivity contribution < 1.29 is 14.0 Å². The Balaban J connectivity index is 1.41. The molecule has 1 aliphatic carbocycles. The van der Waals surface area contributed by atoms with Crippen LogP contribution >= 0.6 is 0 Å². The van der Waals surface area contributed by atoms with Crippen LogP contribution in [0.4, 0.5) is 0 Å². The summed E-state index contributed by atoms with van der Waals surface area (Å²) in [5.74, 6) is 1.33. The SMILES string of the molecule is CC1CCC(NC(=O)C2(C)Cn3c(ccc3-c3ccco3)C(=O)N2CCN2CCCCCC2)CC1. The maximum absolute atomic E-state index is 13.9. The molecule has 7 heteroatoms. The summed E-state index contributed by atoms with van der Waals surface area (Å²) in [7, 11) is 0. The Morgan fingerprint density at radius 3 is 2.43 bits per heavy atom. The van der Waals surface area contributed by atoms with E-state index in [-0.39, 0.29) is 17.9 Å². The van der Waals surface area contributed by atoms with Crippen molar-refractivity contribution in [1.29, 1.82) is 0 Å². The van der Waals surface area contributed by atoms with Crippen molar-refractivity contribution in [2.75, 3.05) is 26.2 Å². The smallest absolute Gasteiger partial charge is 0.271 e. The summed E-state index contributed by atoms with van der Waals surface area (Å²) in [4.78, 5) is 32.1. The first kappa shape index (κ1) is 24.2. The molecule has 1 saturated carbocycles. The van der Waals surface area contributed by atoms with Crippen LogP contribution in [-0.2, 0) is 11.3 Å². The molecule has 190 valence electrons. The number of carbonyl (C=O) groups is 2. The van der Waals surface area contributed by atoms with Crippen LogP contribution < -0.4 is 5.32 Å². The zero-order valence-electron chi connectivity index (χ0n) is 21.3. The van der Waals surface area contributed by atoms with Gasteiger partial charge in [0.1, 0.15) is 17.0 Å². The Labute approximate surface area is 208 Å². The lowest BCUT2D eigenvalue weighted by Gasteiger charge is -2.45. The van der Waals surface area contributed by atoms with Crippen LogP contribution in [-0.4, -0.2) is 63.9 Å². The monoisotopic (exact) mass is 480 g/mol. The molecule has 1 unspecified atom stereocenters. The van der Waals surface area contributed by atoms with Crippen LogP contribution in [0.5, 0.6) is 0 Å². The van der Waals surface area contributed by atoms with E-state index in [1.165, 1.54) is 25.7 Å². The van der Waals surface area contributed by atoms with Crippen molar-refractivity contribution >= 4 is 11.8 Å². The summed E-state index contributed by atoms with van der Waals surface area (Å²) in [6, 6.07) is 7.75. The van der Waals surface area contributed by atoms with Crippen molar-refractivity contribution in [2.24, 2.45) is 5.92 Å². The molecule has 0 spiro atoms. The maximum atomic E-state index is 13.9. The lowest BCUT2D eigenvalue weighted by atomic mass is 9.86. The van der Waals surface area contributed by atoms with E-state index in [1.54, 1.807) is 6.26 Å². The molecule has 2 aromatic heterocycles. The molecule has 2 amide bonds. The Bertz CT molecular complexity index is 1010. The largest absolute Gasteiger partial charge is 0.463 e. The van der Waals surface area contributed by atoms with Crippen LogP contribution in [0.3, 0.4) is 0 Å². The highest BCUT2D eigenvalue weighted by Gasteiger charge is 2.48. The van der Waals surface area contributed by atoms with Gasteiger partial charge in [-0.3, -0.25) is 9.59 Å². The summed E-state index contributed by atoms with van der Waals surface area (Å²) in [6.07, 6.45) is 10.9. The summed E-state index contributed by atoms with van der Waals surface area (Å²) < 4.78 is 7.63. The van der Waals surface area contributed by atoms with Crippen LogP contribution in [0.2, 0.25) is 0 Å². The van der Waals surface area contributed by atoms with Crippen LogP contribution in [0, 0.1) is 5.92 Å². The minimum absolute atomic E-state index is 0.0361. The average molecular weight is 481 g/mol. The Morgan fingerprint density at radius 1 is 1.03 bits per heavy atom. The second kappa shape index (κ2) is 10.2. The van der Waals surface area contributed by atoms with Gasteiger partial charge < -0.3 is 24.1 Å². The van der Waals surface area contributed by atoms with Gasteiger partial charge in [-0.25, -0.2) is 0 Å². The third-order valence-electron chi connectivity index (χ3n) is 8.46. The van der Waals surface area contributed by atoms with Gasteiger partial charge in [0.2, 0.25) is 5.91 Å². The number of hydrogen-bond donors (Lipinski definition) is 1. The minimum Gasteiger partial charge on any atom is -0.463 e. The maximum Gasteiger partial charge on any atom is 0.271 e. The van der Waals surface area contributed by atoms with E-state index >= 15 is 0 Å². The normalized spacial score (nSPS) is 27.9. The summed E-state index contributed by atoms with van der Waals surface area (Å²) in [5, 5.41) is 3.34. The average Bonchev–Trinajstić information content (AvgIpc) is 3.44. The molecule has 0 radical (unpaired) electrons. The molecule has 35 heavy (non-hydrogen) atoms. The van der Waals surface area contributed by atoms with Crippen molar-refractivity contribution in [3.8, 4) is 11.5 Å². The predicted molar refractivity (Wildman–Crippen MR) is 136 cm³/mol. The second-order valence-corrected chi connectivity index (χ2v) is 11.1. The molecule has 2 aromatic rings. The van der Waals surface area contributed by atoms with Gasteiger partial charge in [0.25, 0.3) is 5.91 Å². The molecular formula is C28H40N4O3. The van der Waals surface area contributed by atoms with E-state index < -0.39 is 5.54 Å². The van der Waals surface area contributed by atoms with Gasteiger partial charge in [-0.1, -0.05) is 19.8 Å². The Morgan fingerprint density at radius 2 is 1.74 bits per heavy atom. The quantitative estimate of drug-likeness (QED) is 0.659. The highest BCUT2D eigenvalue weighted by Crippen LogP contribution is 2.34. The topological polar surface area (TPSA) is 70.7 Å². The third-order valence-corrected chi connectivity index (χ3v) is 8.46. The van der Waals surface area contributed by atoms with Gasteiger partial charge in [-0.2, -0.15) is 0 Å². The number of nitrogens with one attached hydrogen (secondary N) is 1. The van der Waals surface area contributed by atoms with Crippen LogP contribution in [0.15, 0.2) is 34.9 Å². The number of likely N-dealkylation sites (tertiary alicyclic amines) is 1. The van der Waals surface area contributed by atoms with Gasteiger partial charge in [0.15, 0.2) is 0 Å². The fourth-order valence-corrected chi connectivity index (χ4v) is 6.11. The number of rotatable bonds is 6. The number of furan rings is 1. The van der Waals surface area contributed by atoms with E-state index in [1.807, 2.05) is 40.7 Å². The van der Waals surface area contributed by atoms with Crippen LogP contribution in [0.1, 0.15) is 75.7 Å². The first-order chi connectivity index (χ1) is 17.0. The zero-order valence-corrected chi connectivity index (χ0v) is 21.3. The van der Waals surface area contributed by atoms with E-state index in [9.17, 15) is 9.59 Å². The Hall–Kier alpha value is -2.54. The fourth-order valence-electron chi connectivity index (χ4n) is 6.11. The molecule has 4 heterocycles. The molecule has 1 N–H and O–H groups in total. The zero-order chi connectivity index (χ0) is 24.4. The molecule has 0 bridgehead atoms. The van der Waals surface area contributed by atoms with Gasteiger partial charge in [0, 0.05) is 19.1 Å². The number of nitrogens with zero attached hydrogens (tertiary/aromatic N) is 3. The lowest BCUT2D eigenvalue weighted by Crippen LogP contribution is -2.66. The molecule has 0 aromatic carbocycles. The predicted octanol–water partition coefficient (Wildman–Crippen LogP) is 4.53. The molecule has 5 rings (SSSR count). The van der Waals surface area contributed by atoms with Crippen molar-refractivity contribution in [3.05, 3.63) is 36.2 Å². The lowest BCUT2D eigenvalue weighted by molar-refractivity contribution is -0.134. The Kier molecular flexibility index (Phi) is 7.05. The number of aromatic nitrogens is 1. The molecule has 1 saturated heterocycles. The fraction of sp³-hybridized carbons (Fsp3) is 0.643. The van der Waals surface area contributed by atoms with Crippen molar-refractivity contribution in [2.45, 2.75) is 83.3 Å². The van der Waals surface area contributed by atoms with Gasteiger partial charge in [-0.15, -0.1) is 0 Å². The summed E-state index contributed by atoms with van der Waals surface area (Å²) in [5.41, 5.74) is 0.513. The number of fused-ring (bicyclic) bond motifs is 1. The van der Waals surface area contributed by atoms with Gasteiger partial charge in [0.05, 0.1) is 18.5 Å². The van der Waals surface area contributed by atoms with E-state index in [2.05, 4.69) is 17.1 Å². The molecule has 3 aliphatic rings. The first-order valence-corrected chi connectivity index (χ1v) is 13.5. The summed E-state index contributed by atoms with van der Waals surface area (Å²) >= 11 is 0. The molecule has 2 fully saturated rings. The van der Waals surface area contributed by atoms with Gasteiger partial charge in [-0.05, 0) is 88.7 Å². The first-order valence-electron chi connectivity index (χ1n) is 13.5. The standard InChI is InChI=1S/C28H40N4O3/c1-21-9-11-22(12-10-21)29-27(34)28(2)20-31-23(25-8-7-19-35-25)13-14-24(31)26(33)32(28)18-17-30-15-5-3-4-6-16-30/h7-8,13-14,19,21-22H,3-6,9-12,15-18,20H2,1-2H3,(H,29,34). The van der Waals surface area contributed by atoms with Crippen molar-refractivity contribution in [3.63, 3.8) is 0 Å². The molecule has 7 nitrogen and oxygen atoms in total. The highest BCUT2D eigenvalue weighted by atomic mass is 16.3. The third kappa shape index (κ3) is 4.92. The van der Waals surface area contributed by atoms with E-state index in [0.717, 1.165) is 56.9 Å². The minimum atomic E-state index is -0.959. The highest BCUT2D eigenvalue weighted by molar-refractivity contribution is 6.00. The number of carbonyl (C=O) groups excluding carboxylic acids is 2. The second-order valence-electron chi connectivity index (χ2n) is 11.1. The van der Waals surface area contributed by atoms with E-state index in [0.29, 0.717) is 24.5 Å².